The summed E-state index contributed by atoms with van der Waals surface area (Å²) in [5.41, 5.74) is 0.869. The highest BCUT2D eigenvalue weighted by Gasteiger charge is 2.44. The number of hydrogen-bond acceptors (Lipinski definition) is 6. The molecule has 0 atom stereocenters. The first-order valence-electron chi connectivity index (χ1n) is 9.90. The van der Waals surface area contributed by atoms with E-state index in [-0.39, 0.29) is 23.2 Å². The van der Waals surface area contributed by atoms with E-state index < -0.39 is 0 Å². The van der Waals surface area contributed by atoms with Gasteiger partial charge in [0.25, 0.3) is 11.8 Å². The van der Waals surface area contributed by atoms with Gasteiger partial charge in [-0.05, 0) is 43.7 Å². The number of fused-ring (bicyclic) bond motifs is 2. The monoisotopic (exact) mass is 401 g/mol. The second kappa shape index (κ2) is 7.00. The third kappa shape index (κ3) is 2.95. The van der Waals surface area contributed by atoms with Crippen molar-refractivity contribution in [1.29, 1.82) is 0 Å². The predicted molar refractivity (Wildman–Crippen MR) is 102 cm³/mol. The van der Waals surface area contributed by atoms with E-state index in [2.05, 4.69) is 11.1 Å². The summed E-state index contributed by atoms with van der Waals surface area (Å²) in [5, 5.41) is 0. The van der Waals surface area contributed by atoms with Crippen LogP contribution in [0.4, 0.5) is 0 Å². The van der Waals surface area contributed by atoms with Crippen molar-refractivity contribution >= 4 is 23.2 Å². The van der Waals surface area contributed by atoms with E-state index in [9.17, 15) is 9.59 Å². The van der Waals surface area contributed by atoms with Gasteiger partial charge in [-0.3, -0.25) is 9.59 Å². The van der Waals surface area contributed by atoms with Gasteiger partial charge in [0, 0.05) is 31.1 Å². The second-order valence-corrected chi connectivity index (χ2v) is 8.77. The Morgan fingerprint density at radius 1 is 1.07 bits per heavy atom. The van der Waals surface area contributed by atoms with Crippen LogP contribution >= 0.6 is 11.3 Å². The van der Waals surface area contributed by atoms with Gasteiger partial charge in [-0.1, -0.05) is 0 Å². The maximum absolute atomic E-state index is 12.8. The van der Waals surface area contributed by atoms with Crippen molar-refractivity contribution in [3.05, 3.63) is 39.7 Å². The maximum Gasteiger partial charge on any atom is 0.291 e. The van der Waals surface area contributed by atoms with Crippen LogP contribution in [0.1, 0.15) is 56.4 Å². The Kier molecular flexibility index (Phi) is 4.47. The molecule has 2 saturated heterocycles. The minimum atomic E-state index is -0.375. The number of nitrogens with zero attached hydrogens (tertiary/aromatic N) is 3. The first-order chi connectivity index (χ1) is 13.7. The van der Waals surface area contributed by atoms with E-state index >= 15 is 0 Å². The fraction of sp³-hybridized carbons (Fsp3) is 0.550. The number of piperidine rings is 1. The Morgan fingerprint density at radius 3 is 2.54 bits per heavy atom. The molecule has 28 heavy (non-hydrogen) atoms. The number of likely N-dealkylation sites (tertiary alicyclic amines) is 2. The van der Waals surface area contributed by atoms with Gasteiger partial charge in [0.2, 0.25) is 5.76 Å². The van der Waals surface area contributed by atoms with Crippen LogP contribution in [-0.2, 0) is 16.8 Å². The van der Waals surface area contributed by atoms with Gasteiger partial charge in [-0.15, -0.1) is 11.3 Å². The smallest absolute Gasteiger partial charge is 0.291 e. The lowest BCUT2D eigenvalue weighted by Gasteiger charge is -2.43. The molecule has 3 aliphatic rings. The zero-order valence-electron chi connectivity index (χ0n) is 15.7. The molecule has 0 N–H and O–H groups in total. The number of oxazole rings is 1. The van der Waals surface area contributed by atoms with E-state index in [0.717, 1.165) is 50.1 Å². The van der Waals surface area contributed by atoms with Crippen LogP contribution in [0.15, 0.2) is 23.1 Å². The van der Waals surface area contributed by atoms with Crippen LogP contribution in [0.2, 0.25) is 0 Å². The summed E-state index contributed by atoms with van der Waals surface area (Å²) in [6, 6.07) is 2.08. The molecule has 1 spiro atoms. The Morgan fingerprint density at radius 2 is 1.82 bits per heavy atom. The molecule has 0 bridgehead atoms. The SMILES string of the molecule is O=C(c1cnco1)N1CCC2(CC1)OCCc1cc(C(=O)N3CCCC3)sc12. The topological polar surface area (TPSA) is 75.9 Å². The average molecular weight is 401 g/mol. The fourth-order valence-corrected chi connectivity index (χ4v) is 5.90. The van der Waals surface area contributed by atoms with Crippen LogP contribution < -0.4 is 0 Å². The Balaban J connectivity index is 1.35. The van der Waals surface area contributed by atoms with Gasteiger partial charge < -0.3 is 19.0 Å². The standard InChI is InChI=1S/C20H23N3O4S/c24-18(15-12-21-13-26-15)23-8-4-20(5-9-23)17-14(3-10-27-20)11-16(28-17)19(25)22-6-1-2-7-22/h11-13H,1-10H2. The largest absolute Gasteiger partial charge is 0.438 e. The molecule has 148 valence electrons. The van der Waals surface area contributed by atoms with Gasteiger partial charge in [-0.2, -0.15) is 0 Å². The summed E-state index contributed by atoms with van der Waals surface area (Å²) >= 11 is 1.59. The van der Waals surface area contributed by atoms with Gasteiger partial charge in [0.1, 0.15) is 5.60 Å². The summed E-state index contributed by atoms with van der Waals surface area (Å²) in [6.07, 6.45) is 7.24. The zero-order chi connectivity index (χ0) is 19.1. The van der Waals surface area contributed by atoms with Gasteiger partial charge in [0.05, 0.1) is 17.7 Å². The highest BCUT2D eigenvalue weighted by Crippen LogP contribution is 2.45. The minimum Gasteiger partial charge on any atom is -0.438 e. The molecule has 8 heteroatoms. The minimum absolute atomic E-state index is 0.125. The number of thiophene rings is 1. The van der Waals surface area contributed by atoms with Gasteiger partial charge in [0.15, 0.2) is 6.39 Å². The molecule has 0 aliphatic carbocycles. The van der Waals surface area contributed by atoms with Crippen molar-refractivity contribution < 1.29 is 18.7 Å². The molecule has 3 aliphatic heterocycles. The zero-order valence-corrected chi connectivity index (χ0v) is 16.5. The number of rotatable bonds is 2. The van der Waals surface area contributed by atoms with Crippen LogP contribution in [-0.4, -0.2) is 59.4 Å². The lowest BCUT2D eigenvalue weighted by molar-refractivity contribution is -0.0908. The summed E-state index contributed by atoms with van der Waals surface area (Å²) < 4.78 is 11.4. The predicted octanol–water partition coefficient (Wildman–Crippen LogP) is 2.68. The quantitative estimate of drug-likeness (QED) is 0.773. The molecule has 0 saturated carbocycles. The number of ether oxygens (including phenoxy) is 1. The van der Waals surface area contributed by atoms with Crippen molar-refractivity contribution in [3.8, 4) is 0 Å². The number of carbonyl (C=O) groups excluding carboxylic acids is 2. The van der Waals surface area contributed by atoms with E-state index in [0.29, 0.717) is 19.7 Å². The molecule has 0 aromatic carbocycles. The van der Waals surface area contributed by atoms with Crippen molar-refractivity contribution in [1.82, 2.24) is 14.8 Å². The third-order valence-corrected chi connectivity index (χ3v) is 7.43. The van der Waals surface area contributed by atoms with Crippen molar-refractivity contribution in [2.45, 2.75) is 37.7 Å². The van der Waals surface area contributed by atoms with E-state index in [4.69, 9.17) is 9.15 Å². The maximum atomic E-state index is 12.8. The fourth-order valence-electron chi connectivity index (χ4n) is 4.52. The average Bonchev–Trinajstić information content (AvgIpc) is 3.49. The third-order valence-electron chi connectivity index (χ3n) is 6.08. The molecule has 2 amide bonds. The summed E-state index contributed by atoms with van der Waals surface area (Å²) in [4.78, 5) is 35.0. The Hall–Kier alpha value is -2.19. The highest BCUT2D eigenvalue weighted by atomic mass is 32.1. The number of amides is 2. The normalized spacial score (nSPS) is 21.1. The van der Waals surface area contributed by atoms with Crippen LogP contribution in [0.5, 0.6) is 0 Å². The summed E-state index contributed by atoms with van der Waals surface area (Å²) in [7, 11) is 0. The molecular weight excluding hydrogens is 378 g/mol. The van der Waals surface area contributed by atoms with Crippen LogP contribution in [0, 0.1) is 0 Å². The van der Waals surface area contributed by atoms with Crippen molar-refractivity contribution in [2.75, 3.05) is 32.8 Å². The number of carbonyl (C=O) groups is 2. The van der Waals surface area contributed by atoms with E-state index in [1.54, 1.807) is 16.2 Å². The Bertz CT molecular complexity index is 877. The molecule has 0 radical (unpaired) electrons. The molecule has 2 fully saturated rings. The lowest BCUT2D eigenvalue weighted by Crippen LogP contribution is -2.47. The highest BCUT2D eigenvalue weighted by molar-refractivity contribution is 7.14. The molecule has 5 rings (SSSR count). The summed E-state index contributed by atoms with van der Waals surface area (Å²) in [5.74, 6) is 0.306. The molecular formula is C20H23N3O4S. The summed E-state index contributed by atoms with van der Waals surface area (Å²) in [6.45, 7) is 3.60. The number of hydrogen-bond donors (Lipinski definition) is 0. The lowest BCUT2D eigenvalue weighted by atomic mass is 9.85. The van der Waals surface area contributed by atoms with E-state index in [1.165, 1.54) is 23.0 Å². The molecule has 7 nitrogen and oxygen atoms in total. The van der Waals surface area contributed by atoms with Crippen LogP contribution in [0.3, 0.4) is 0 Å². The van der Waals surface area contributed by atoms with Gasteiger partial charge >= 0.3 is 0 Å². The first kappa shape index (κ1) is 17.9. The van der Waals surface area contributed by atoms with Crippen molar-refractivity contribution in [3.63, 3.8) is 0 Å². The molecule has 0 unspecified atom stereocenters. The molecule has 2 aromatic heterocycles. The first-order valence-corrected chi connectivity index (χ1v) is 10.7. The number of aromatic nitrogens is 1. The molecule has 5 heterocycles. The van der Waals surface area contributed by atoms with E-state index in [1.807, 2.05) is 4.90 Å². The second-order valence-electron chi connectivity index (χ2n) is 7.71. The molecule has 2 aromatic rings. The van der Waals surface area contributed by atoms with Crippen molar-refractivity contribution in [2.24, 2.45) is 0 Å². The van der Waals surface area contributed by atoms with Gasteiger partial charge in [-0.25, -0.2) is 4.98 Å². The Labute approximate surface area is 167 Å². The van der Waals surface area contributed by atoms with Crippen LogP contribution in [0.25, 0.3) is 0 Å².